The number of carboxylic acids is 1. The zero-order chi connectivity index (χ0) is 16.5. The lowest BCUT2D eigenvalue weighted by atomic mass is 10.1. The van der Waals surface area contributed by atoms with Crippen LogP contribution in [0.5, 0.6) is 0 Å². The predicted octanol–water partition coefficient (Wildman–Crippen LogP) is 2.35. The molecule has 0 spiro atoms. The normalized spacial score (nSPS) is 18.5. The number of pyridine rings is 1. The third-order valence-electron chi connectivity index (χ3n) is 3.64. The molecule has 2 heterocycles. The molecule has 1 saturated heterocycles. The van der Waals surface area contributed by atoms with Crippen LogP contribution < -0.4 is 0 Å². The van der Waals surface area contributed by atoms with Crippen molar-refractivity contribution in [3.8, 4) is 0 Å². The Morgan fingerprint density at radius 1 is 1.41 bits per heavy atom. The molecule has 0 radical (unpaired) electrons. The van der Waals surface area contributed by atoms with Gasteiger partial charge >= 0.3 is 12.1 Å². The van der Waals surface area contributed by atoms with Crippen LogP contribution in [0.2, 0.25) is 0 Å². The molecule has 1 aromatic heterocycles. The van der Waals surface area contributed by atoms with Gasteiger partial charge in [-0.1, -0.05) is 0 Å². The minimum Gasteiger partial charge on any atom is -0.481 e. The second-order valence-electron chi connectivity index (χ2n) is 5.33. The molecule has 1 fully saturated rings. The van der Waals surface area contributed by atoms with E-state index in [9.17, 15) is 22.8 Å². The SMILES string of the molecule is Cc1nc(C(F)(F)F)ccc1C(=O)N1CCC(CC(=O)O)C1. The fourth-order valence-electron chi connectivity index (χ4n) is 2.55. The number of carbonyl (C=O) groups excluding carboxylic acids is 1. The summed E-state index contributed by atoms with van der Waals surface area (Å²) in [6.45, 7) is 2.05. The van der Waals surface area contributed by atoms with Crippen LogP contribution in [0.3, 0.4) is 0 Å². The number of carboxylic acid groups (broad SMARTS) is 1. The highest BCUT2D eigenvalue weighted by atomic mass is 19.4. The van der Waals surface area contributed by atoms with Crippen LogP contribution in [0, 0.1) is 12.8 Å². The molecule has 0 bridgehead atoms. The molecule has 1 unspecified atom stereocenters. The van der Waals surface area contributed by atoms with E-state index in [0.29, 0.717) is 19.5 Å². The van der Waals surface area contributed by atoms with E-state index in [1.807, 2.05) is 0 Å². The van der Waals surface area contributed by atoms with Crippen molar-refractivity contribution in [3.05, 3.63) is 29.1 Å². The van der Waals surface area contributed by atoms with Crippen molar-refractivity contribution in [1.29, 1.82) is 0 Å². The topological polar surface area (TPSA) is 70.5 Å². The van der Waals surface area contributed by atoms with E-state index in [4.69, 9.17) is 5.11 Å². The number of carbonyl (C=O) groups is 2. The van der Waals surface area contributed by atoms with Gasteiger partial charge in [-0.25, -0.2) is 4.98 Å². The van der Waals surface area contributed by atoms with Crippen LogP contribution in [0.1, 0.15) is 34.6 Å². The average molecular weight is 316 g/mol. The van der Waals surface area contributed by atoms with Gasteiger partial charge in [0, 0.05) is 19.5 Å². The standard InChI is InChI=1S/C14H15F3N2O3/c1-8-10(2-3-11(18-8)14(15,16)17)13(22)19-5-4-9(7-19)6-12(20)21/h2-3,9H,4-7H2,1H3,(H,20,21). The van der Waals surface area contributed by atoms with Crippen molar-refractivity contribution in [2.75, 3.05) is 13.1 Å². The maximum absolute atomic E-state index is 12.6. The molecule has 2 rings (SSSR count). The van der Waals surface area contributed by atoms with Crippen LogP contribution >= 0.6 is 0 Å². The molecule has 1 aliphatic heterocycles. The lowest BCUT2D eigenvalue weighted by molar-refractivity contribution is -0.141. The molecule has 1 N–H and O–H groups in total. The monoisotopic (exact) mass is 316 g/mol. The molecule has 1 amide bonds. The summed E-state index contributed by atoms with van der Waals surface area (Å²) >= 11 is 0. The van der Waals surface area contributed by atoms with E-state index in [1.165, 1.54) is 11.8 Å². The number of nitrogens with zero attached hydrogens (tertiary/aromatic N) is 2. The van der Waals surface area contributed by atoms with E-state index >= 15 is 0 Å². The Bertz CT molecular complexity index is 601. The fourth-order valence-corrected chi connectivity index (χ4v) is 2.55. The summed E-state index contributed by atoms with van der Waals surface area (Å²) in [5.74, 6) is -1.46. The maximum Gasteiger partial charge on any atom is 0.433 e. The van der Waals surface area contributed by atoms with Gasteiger partial charge in [0.2, 0.25) is 0 Å². The van der Waals surface area contributed by atoms with Crippen molar-refractivity contribution < 1.29 is 27.9 Å². The van der Waals surface area contributed by atoms with E-state index in [1.54, 1.807) is 0 Å². The zero-order valence-corrected chi connectivity index (χ0v) is 11.9. The van der Waals surface area contributed by atoms with Gasteiger partial charge in [0.05, 0.1) is 11.3 Å². The van der Waals surface area contributed by atoms with E-state index < -0.39 is 23.7 Å². The van der Waals surface area contributed by atoms with Crippen molar-refractivity contribution in [1.82, 2.24) is 9.88 Å². The number of aromatic nitrogens is 1. The molecule has 1 atom stereocenters. The summed E-state index contributed by atoms with van der Waals surface area (Å²) in [6, 6.07) is 1.91. The van der Waals surface area contributed by atoms with Crippen molar-refractivity contribution >= 4 is 11.9 Å². The quantitative estimate of drug-likeness (QED) is 0.929. The number of rotatable bonds is 3. The number of amides is 1. The van der Waals surface area contributed by atoms with Gasteiger partial charge in [-0.15, -0.1) is 0 Å². The molecule has 0 aliphatic carbocycles. The summed E-state index contributed by atoms with van der Waals surface area (Å²) in [5, 5.41) is 8.75. The summed E-state index contributed by atoms with van der Waals surface area (Å²) in [6.07, 6.45) is -3.99. The highest BCUT2D eigenvalue weighted by Crippen LogP contribution is 2.29. The van der Waals surface area contributed by atoms with Crippen LogP contribution in [0.25, 0.3) is 0 Å². The maximum atomic E-state index is 12.6. The molecule has 5 nitrogen and oxygen atoms in total. The molecule has 8 heteroatoms. The highest BCUT2D eigenvalue weighted by Gasteiger charge is 2.34. The van der Waals surface area contributed by atoms with Gasteiger partial charge in [0.25, 0.3) is 5.91 Å². The fraction of sp³-hybridized carbons (Fsp3) is 0.500. The second kappa shape index (κ2) is 5.94. The lowest BCUT2D eigenvalue weighted by Gasteiger charge is -2.18. The Kier molecular flexibility index (Phi) is 4.39. The minimum absolute atomic E-state index is 0.0153. The lowest BCUT2D eigenvalue weighted by Crippen LogP contribution is -2.30. The molecule has 1 aliphatic rings. The van der Waals surface area contributed by atoms with Crippen LogP contribution in [-0.2, 0) is 11.0 Å². The molecule has 1 aromatic rings. The average Bonchev–Trinajstić information content (AvgIpc) is 2.84. The minimum atomic E-state index is -4.55. The van der Waals surface area contributed by atoms with E-state index in [2.05, 4.69) is 4.98 Å². The Labute approximate surface area is 124 Å². The first-order valence-electron chi connectivity index (χ1n) is 6.74. The number of hydrogen-bond donors (Lipinski definition) is 1. The van der Waals surface area contributed by atoms with Gasteiger partial charge in [0.15, 0.2) is 0 Å². The third kappa shape index (κ3) is 3.55. The van der Waals surface area contributed by atoms with Gasteiger partial charge < -0.3 is 10.0 Å². The van der Waals surface area contributed by atoms with Crippen LogP contribution in [0.4, 0.5) is 13.2 Å². The number of halogens is 3. The Morgan fingerprint density at radius 3 is 2.64 bits per heavy atom. The predicted molar refractivity (Wildman–Crippen MR) is 70.2 cm³/mol. The molecular formula is C14H15F3N2O3. The van der Waals surface area contributed by atoms with Gasteiger partial charge in [-0.05, 0) is 31.4 Å². The Morgan fingerprint density at radius 2 is 2.09 bits per heavy atom. The van der Waals surface area contributed by atoms with Crippen molar-refractivity contribution in [2.24, 2.45) is 5.92 Å². The first-order chi connectivity index (χ1) is 10.2. The van der Waals surface area contributed by atoms with Crippen LogP contribution in [0.15, 0.2) is 12.1 Å². The first-order valence-corrected chi connectivity index (χ1v) is 6.74. The van der Waals surface area contributed by atoms with E-state index in [0.717, 1.165) is 12.1 Å². The summed E-state index contributed by atoms with van der Waals surface area (Å²) < 4.78 is 37.7. The molecular weight excluding hydrogens is 301 g/mol. The number of hydrogen-bond acceptors (Lipinski definition) is 3. The van der Waals surface area contributed by atoms with E-state index in [-0.39, 0.29) is 23.6 Å². The molecule has 120 valence electrons. The summed E-state index contributed by atoms with van der Waals surface area (Å²) in [7, 11) is 0. The molecule has 0 aromatic carbocycles. The van der Waals surface area contributed by atoms with Gasteiger partial charge in [-0.3, -0.25) is 9.59 Å². The zero-order valence-electron chi connectivity index (χ0n) is 11.9. The third-order valence-corrected chi connectivity index (χ3v) is 3.64. The number of aryl methyl sites for hydroxylation is 1. The largest absolute Gasteiger partial charge is 0.481 e. The number of likely N-dealkylation sites (tertiary alicyclic amines) is 1. The van der Waals surface area contributed by atoms with Crippen molar-refractivity contribution in [2.45, 2.75) is 25.9 Å². The molecule has 0 saturated carbocycles. The first kappa shape index (κ1) is 16.3. The summed E-state index contributed by atoms with van der Waals surface area (Å²) in [5.41, 5.74) is -0.905. The summed E-state index contributed by atoms with van der Waals surface area (Å²) in [4.78, 5) is 27.9. The number of alkyl halides is 3. The smallest absolute Gasteiger partial charge is 0.433 e. The number of aliphatic carboxylic acids is 1. The second-order valence-corrected chi connectivity index (χ2v) is 5.33. The molecule has 22 heavy (non-hydrogen) atoms. The Hall–Kier alpha value is -2.12. The van der Waals surface area contributed by atoms with Gasteiger partial charge in [-0.2, -0.15) is 13.2 Å². The highest BCUT2D eigenvalue weighted by molar-refractivity contribution is 5.95. The van der Waals surface area contributed by atoms with Crippen LogP contribution in [-0.4, -0.2) is 40.0 Å². The Balaban J connectivity index is 2.12. The van der Waals surface area contributed by atoms with Gasteiger partial charge in [0.1, 0.15) is 5.69 Å². The van der Waals surface area contributed by atoms with Crippen molar-refractivity contribution in [3.63, 3.8) is 0 Å².